The molecule has 0 saturated carbocycles. The number of likely N-dealkylation sites (tertiary alicyclic amines) is 1. The number of carbonyl (C=O) groups is 1. The van der Waals surface area contributed by atoms with Gasteiger partial charge in [-0.1, -0.05) is 54.6 Å². The molecule has 2 atom stereocenters. The standard InChI is InChI=1S/C22H26N2O/c25-22(23-20-13-6-11-17-8-4-5-12-19(17)20)16-24-15-7-14-21(24)18-9-2-1-3-10-18/h1-5,8-10,12,20-21H,6-7,11,13-16H2,(H,23,25)/t20-,21-/m1/s1. The molecule has 3 heteroatoms. The van der Waals surface area contributed by atoms with Gasteiger partial charge in [-0.2, -0.15) is 0 Å². The summed E-state index contributed by atoms with van der Waals surface area (Å²) >= 11 is 0. The van der Waals surface area contributed by atoms with E-state index in [9.17, 15) is 4.79 Å². The predicted octanol–water partition coefficient (Wildman–Crippen LogP) is 4.02. The van der Waals surface area contributed by atoms with Gasteiger partial charge in [0.1, 0.15) is 0 Å². The normalized spacial score (nSPS) is 23.2. The van der Waals surface area contributed by atoms with E-state index in [0.717, 1.165) is 32.2 Å². The Bertz CT molecular complexity index is 728. The zero-order valence-corrected chi connectivity index (χ0v) is 14.7. The van der Waals surface area contributed by atoms with Crippen LogP contribution >= 0.6 is 0 Å². The average molecular weight is 334 g/mol. The zero-order valence-electron chi connectivity index (χ0n) is 14.7. The SMILES string of the molecule is O=C(CN1CCC[C@@H]1c1ccccc1)N[C@@H]1CCCc2ccccc21. The van der Waals surface area contributed by atoms with Crippen LogP contribution in [0.4, 0.5) is 0 Å². The van der Waals surface area contributed by atoms with Crippen molar-refractivity contribution in [3.8, 4) is 0 Å². The van der Waals surface area contributed by atoms with Gasteiger partial charge in [0.05, 0.1) is 12.6 Å². The molecule has 1 amide bonds. The summed E-state index contributed by atoms with van der Waals surface area (Å²) in [6.45, 7) is 1.51. The van der Waals surface area contributed by atoms with Crippen molar-refractivity contribution in [2.24, 2.45) is 0 Å². The number of aryl methyl sites for hydroxylation is 1. The Morgan fingerprint density at radius 2 is 1.80 bits per heavy atom. The van der Waals surface area contributed by atoms with Crippen molar-refractivity contribution < 1.29 is 4.79 Å². The molecule has 0 bridgehead atoms. The topological polar surface area (TPSA) is 32.3 Å². The van der Waals surface area contributed by atoms with Gasteiger partial charge in [0.25, 0.3) is 0 Å². The molecule has 1 aliphatic carbocycles. The van der Waals surface area contributed by atoms with Gasteiger partial charge in [0.2, 0.25) is 5.91 Å². The molecule has 1 aliphatic heterocycles. The summed E-state index contributed by atoms with van der Waals surface area (Å²) in [4.78, 5) is 15.0. The molecule has 1 saturated heterocycles. The molecule has 1 heterocycles. The monoisotopic (exact) mass is 334 g/mol. The van der Waals surface area contributed by atoms with Crippen LogP contribution in [-0.4, -0.2) is 23.9 Å². The number of fused-ring (bicyclic) bond motifs is 1. The Morgan fingerprint density at radius 3 is 2.68 bits per heavy atom. The summed E-state index contributed by atoms with van der Waals surface area (Å²) in [5.41, 5.74) is 4.03. The molecule has 0 radical (unpaired) electrons. The first-order valence-corrected chi connectivity index (χ1v) is 9.47. The van der Waals surface area contributed by atoms with Crippen LogP contribution in [0.3, 0.4) is 0 Å². The maximum Gasteiger partial charge on any atom is 0.234 e. The molecule has 0 aromatic heterocycles. The summed E-state index contributed by atoms with van der Waals surface area (Å²) in [7, 11) is 0. The quantitative estimate of drug-likeness (QED) is 0.916. The van der Waals surface area contributed by atoms with E-state index in [0.29, 0.717) is 12.6 Å². The lowest BCUT2D eigenvalue weighted by Gasteiger charge is -2.29. The van der Waals surface area contributed by atoms with Crippen LogP contribution < -0.4 is 5.32 Å². The van der Waals surface area contributed by atoms with Gasteiger partial charge in [-0.15, -0.1) is 0 Å². The van der Waals surface area contributed by atoms with E-state index in [1.807, 2.05) is 0 Å². The van der Waals surface area contributed by atoms with Crippen LogP contribution in [0.2, 0.25) is 0 Å². The van der Waals surface area contributed by atoms with Crippen LogP contribution in [0.5, 0.6) is 0 Å². The number of hydrogen-bond donors (Lipinski definition) is 1. The van der Waals surface area contributed by atoms with Crippen molar-refractivity contribution >= 4 is 5.91 Å². The zero-order chi connectivity index (χ0) is 17.1. The molecule has 1 fully saturated rings. The van der Waals surface area contributed by atoms with Crippen molar-refractivity contribution in [1.82, 2.24) is 10.2 Å². The lowest BCUT2D eigenvalue weighted by atomic mass is 9.88. The van der Waals surface area contributed by atoms with Gasteiger partial charge in [-0.25, -0.2) is 0 Å². The van der Waals surface area contributed by atoms with E-state index in [4.69, 9.17) is 0 Å². The first-order chi connectivity index (χ1) is 12.3. The highest BCUT2D eigenvalue weighted by Gasteiger charge is 2.28. The van der Waals surface area contributed by atoms with Crippen molar-refractivity contribution in [1.29, 1.82) is 0 Å². The Morgan fingerprint density at radius 1 is 1.00 bits per heavy atom. The Labute approximate surface area is 150 Å². The maximum absolute atomic E-state index is 12.7. The third-order valence-electron chi connectivity index (χ3n) is 5.60. The molecule has 0 unspecified atom stereocenters. The minimum atomic E-state index is 0.157. The van der Waals surface area contributed by atoms with Crippen LogP contribution in [-0.2, 0) is 11.2 Å². The molecule has 2 aromatic carbocycles. The second-order valence-corrected chi connectivity index (χ2v) is 7.25. The Balaban J connectivity index is 1.41. The van der Waals surface area contributed by atoms with Crippen LogP contribution in [0.15, 0.2) is 54.6 Å². The highest BCUT2D eigenvalue weighted by molar-refractivity contribution is 5.78. The number of amides is 1. The van der Waals surface area contributed by atoms with Gasteiger partial charge in [0.15, 0.2) is 0 Å². The van der Waals surface area contributed by atoms with Crippen LogP contribution in [0.25, 0.3) is 0 Å². The van der Waals surface area contributed by atoms with E-state index in [1.54, 1.807) is 0 Å². The molecular weight excluding hydrogens is 308 g/mol. The van der Waals surface area contributed by atoms with Gasteiger partial charge >= 0.3 is 0 Å². The molecule has 130 valence electrons. The first-order valence-electron chi connectivity index (χ1n) is 9.47. The average Bonchev–Trinajstić information content (AvgIpc) is 3.11. The molecule has 2 aliphatic rings. The highest BCUT2D eigenvalue weighted by atomic mass is 16.2. The van der Waals surface area contributed by atoms with Crippen molar-refractivity contribution in [2.75, 3.05) is 13.1 Å². The molecular formula is C22H26N2O. The molecule has 3 nitrogen and oxygen atoms in total. The van der Waals surface area contributed by atoms with Gasteiger partial charge in [0, 0.05) is 6.04 Å². The fraction of sp³-hybridized carbons (Fsp3) is 0.409. The third kappa shape index (κ3) is 3.62. The highest BCUT2D eigenvalue weighted by Crippen LogP contribution is 2.32. The molecule has 0 spiro atoms. The number of benzene rings is 2. The second-order valence-electron chi connectivity index (χ2n) is 7.25. The van der Waals surface area contributed by atoms with Crippen molar-refractivity contribution in [3.05, 3.63) is 71.3 Å². The first kappa shape index (κ1) is 16.3. The van der Waals surface area contributed by atoms with E-state index in [2.05, 4.69) is 64.8 Å². The number of rotatable bonds is 4. The van der Waals surface area contributed by atoms with Crippen molar-refractivity contribution in [2.45, 2.75) is 44.2 Å². The number of nitrogens with zero attached hydrogens (tertiary/aromatic N) is 1. The van der Waals surface area contributed by atoms with Gasteiger partial charge in [-0.3, -0.25) is 9.69 Å². The molecule has 1 N–H and O–H groups in total. The van der Waals surface area contributed by atoms with Crippen LogP contribution in [0, 0.1) is 0 Å². The van der Waals surface area contributed by atoms with Crippen molar-refractivity contribution in [3.63, 3.8) is 0 Å². The van der Waals surface area contributed by atoms with E-state index >= 15 is 0 Å². The largest absolute Gasteiger partial charge is 0.348 e. The summed E-state index contributed by atoms with van der Waals surface area (Å²) in [5.74, 6) is 0.157. The number of hydrogen-bond acceptors (Lipinski definition) is 2. The summed E-state index contributed by atoms with van der Waals surface area (Å²) in [6.07, 6.45) is 5.64. The summed E-state index contributed by atoms with van der Waals surface area (Å²) in [6, 6.07) is 19.7. The minimum Gasteiger partial charge on any atom is -0.348 e. The predicted molar refractivity (Wildman–Crippen MR) is 100 cm³/mol. The van der Waals surface area contributed by atoms with Crippen LogP contribution in [0.1, 0.15) is 54.5 Å². The lowest BCUT2D eigenvalue weighted by Crippen LogP contribution is -2.39. The number of nitrogens with one attached hydrogen (secondary N) is 1. The minimum absolute atomic E-state index is 0.157. The molecule has 25 heavy (non-hydrogen) atoms. The van der Waals surface area contributed by atoms with Gasteiger partial charge in [-0.05, 0) is 55.3 Å². The molecule has 2 aromatic rings. The molecule has 4 rings (SSSR count). The fourth-order valence-corrected chi connectivity index (χ4v) is 4.40. The number of carbonyl (C=O) groups excluding carboxylic acids is 1. The summed E-state index contributed by atoms with van der Waals surface area (Å²) in [5, 5.41) is 3.29. The maximum atomic E-state index is 12.7. The van der Waals surface area contributed by atoms with Gasteiger partial charge < -0.3 is 5.32 Å². The lowest BCUT2D eigenvalue weighted by molar-refractivity contribution is -0.123. The smallest absolute Gasteiger partial charge is 0.234 e. The van der Waals surface area contributed by atoms with E-state index in [-0.39, 0.29) is 11.9 Å². The summed E-state index contributed by atoms with van der Waals surface area (Å²) < 4.78 is 0. The van der Waals surface area contributed by atoms with E-state index < -0.39 is 0 Å². The Hall–Kier alpha value is -2.13. The fourth-order valence-electron chi connectivity index (χ4n) is 4.40. The van der Waals surface area contributed by atoms with E-state index in [1.165, 1.54) is 23.1 Å². The third-order valence-corrected chi connectivity index (χ3v) is 5.60. The second kappa shape index (κ2) is 7.40. The Kier molecular flexibility index (Phi) is 4.84.